The summed E-state index contributed by atoms with van der Waals surface area (Å²) in [5.74, 6) is 0.998. The maximum Gasteiger partial charge on any atom is 0.234 e. The number of nitrogens with zero attached hydrogens (tertiary/aromatic N) is 3. The summed E-state index contributed by atoms with van der Waals surface area (Å²) in [6, 6.07) is 4.96. The number of hydrogen-bond donors (Lipinski definition) is 1. The molecule has 0 bridgehead atoms. The number of aromatic nitrogens is 3. The van der Waals surface area contributed by atoms with Gasteiger partial charge in [-0.3, -0.25) is 4.79 Å². The molecule has 1 heterocycles. The second kappa shape index (κ2) is 7.15. The molecule has 1 aromatic carbocycles. The number of amides is 1. The van der Waals surface area contributed by atoms with Crippen LogP contribution in [-0.2, 0) is 18.3 Å². The summed E-state index contributed by atoms with van der Waals surface area (Å²) in [6.45, 7) is 2.01. The van der Waals surface area contributed by atoms with E-state index in [1.807, 2.05) is 18.5 Å². The highest BCUT2D eigenvalue weighted by molar-refractivity contribution is 7.99. The summed E-state index contributed by atoms with van der Waals surface area (Å²) in [7, 11) is 1.89. The lowest BCUT2D eigenvalue weighted by Crippen LogP contribution is -2.14. The van der Waals surface area contributed by atoms with Gasteiger partial charge in [-0.2, -0.15) is 0 Å². The number of thioether (sulfide) groups is 1. The van der Waals surface area contributed by atoms with Gasteiger partial charge in [0.25, 0.3) is 0 Å². The molecule has 0 saturated carbocycles. The van der Waals surface area contributed by atoms with Crippen LogP contribution in [-0.4, -0.2) is 26.4 Å². The Hall–Kier alpha value is -1.24. The van der Waals surface area contributed by atoms with E-state index in [0.717, 1.165) is 17.4 Å². The SMILES string of the molecule is CCc1nnc(SCC(=O)Nc2ccc(Cl)c(Cl)c2)n1C. The summed E-state index contributed by atoms with van der Waals surface area (Å²) < 4.78 is 1.89. The van der Waals surface area contributed by atoms with Crippen molar-refractivity contribution in [2.24, 2.45) is 7.05 Å². The van der Waals surface area contributed by atoms with Gasteiger partial charge in [0.05, 0.1) is 15.8 Å². The normalized spacial score (nSPS) is 10.7. The molecule has 2 rings (SSSR count). The van der Waals surface area contributed by atoms with Gasteiger partial charge in [-0.15, -0.1) is 10.2 Å². The van der Waals surface area contributed by atoms with Crippen LogP contribution in [0.4, 0.5) is 5.69 Å². The number of hydrogen-bond acceptors (Lipinski definition) is 4. The molecule has 1 aromatic heterocycles. The standard InChI is InChI=1S/C13H14Cl2N4OS/c1-3-11-17-18-13(19(11)2)21-7-12(20)16-8-4-5-9(14)10(15)6-8/h4-6H,3,7H2,1-2H3,(H,16,20). The molecule has 8 heteroatoms. The predicted molar refractivity (Wildman–Crippen MR) is 86.2 cm³/mol. The maximum atomic E-state index is 11.9. The first kappa shape index (κ1) is 16.1. The van der Waals surface area contributed by atoms with Crippen molar-refractivity contribution in [3.8, 4) is 0 Å². The van der Waals surface area contributed by atoms with Crippen LogP contribution in [0.5, 0.6) is 0 Å². The molecule has 0 spiro atoms. The summed E-state index contributed by atoms with van der Waals surface area (Å²) in [4.78, 5) is 11.9. The number of rotatable bonds is 5. The zero-order chi connectivity index (χ0) is 15.4. The van der Waals surface area contributed by atoms with E-state index in [9.17, 15) is 4.79 Å². The van der Waals surface area contributed by atoms with Crippen molar-refractivity contribution in [1.29, 1.82) is 0 Å². The van der Waals surface area contributed by atoms with Gasteiger partial charge in [0.15, 0.2) is 5.16 Å². The molecule has 0 atom stereocenters. The van der Waals surface area contributed by atoms with Crippen molar-refractivity contribution in [1.82, 2.24) is 14.8 Å². The Balaban J connectivity index is 1.92. The first-order chi connectivity index (χ1) is 10.0. The monoisotopic (exact) mass is 344 g/mol. The fraction of sp³-hybridized carbons (Fsp3) is 0.308. The highest BCUT2D eigenvalue weighted by Gasteiger charge is 2.10. The highest BCUT2D eigenvalue weighted by Crippen LogP contribution is 2.25. The van der Waals surface area contributed by atoms with Gasteiger partial charge in [-0.25, -0.2) is 0 Å². The Labute approximate surface area is 137 Å². The zero-order valence-electron chi connectivity index (χ0n) is 11.6. The van der Waals surface area contributed by atoms with Crippen LogP contribution >= 0.6 is 35.0 Å². The minimum atomic E-state index is -0.139. The van der Waals surface area contributed by atoms with Crippen LogP contribution in [0.15, 0.2) is 23.4 Å². The van der Waals surface area contributed by atoms with Gasteiger partial charge in [-0.1, -0.05) is 41.9 Å². The summed E-state index contributed by atoms with van der Waals surface area (Å²) in [5.41, 5.74) is 0.613. The molecule has 0 radical (unpaired) electrons. The van der Waals surface area contributed by atoms with Crippen LogP contribution in [0, 0.1) is 0 Å². The van der Waals surface area contributed by atoms with Gasteiger partial charge < -0.3 is 9.88 Å². The van der Waals surface area contributed by atoms with Gasteiger partial charge in [0, 0.05) is 19.2 Å². The first-order valence-corrected chi connectivity index (χ1v) is 8.01. The lowest BCUT2D eigenvalue weighted by molar-refractivity contribution is -0.113. The Morgan fingerprint density at radius 2 is 2.10 bits per heavy atom. The molecule has 0 aliphatic carbocycles. The van der Waals surface area contributed by atoms with E-state index < -0.39 is 0 Å². The molecule has 0 aliphatic heterocycles. The van der Waals surface area contributed by atoms with Gasteiger partial charge in [-0.05, 0) is 18.2 Å². The largest absolute Gasteiger partial charge is 0.325 e. The average Bonchev–Trinajstić information content (AvgIpc) is 2.81. The zero-order valence-corrected chi connectivity index (χ0v) is 13.9. The number of aryl methyl sites for hydroxylation is 1. The number of carbonyl (C=O) groups excluding carboxylic acids is 1. The molecular weight excluding hydrogens is 331 g/mol. The molecule has 0 saturated heterocycles. The number of benzene rings is 1. The van der Waals surface area contributed by atoms with E-state index in [4.69, 9.17) is 23.2 Å². The van der Waals surface area contributed by atoms with Crippen molar-refractivity contribution < 1.29 is 4.79 Å². The lowest BCUT2D eigenvalue weighted by atomic mass is 10.3. The summed E-state index contributed by atoms with van der Waals surface area (Å²) in [6.07, 6.45) is 0.805. The number of carbonyl (C=O) groups is 1. The minimum Gasteiger partial charge on any atom is -0.325 e. The summed E-state index contributed by atoms with van der Waals surface area (Å²) in [5, 5.41) is 12.4. The molecule has 112 valence electrons. The van der Waals surface area contributed by atoms with Crippen molar-refractivity contribution in [2.75, 3.05) is 11.1 Å². The third-order valence-electron chi connectivity index (χ3n) is 2.78. The topological polar surface area (TPSA) is 59.8 Å². The van der Waals surface area contributed by atoms with Crippen LogP contribution in [0.2, 0.25) is 10.0 Å². The van der Waals surface area contributed by atoms with Gasteiger partial charge in [0.2, 0.25) is 5.91 Å². The quantitative estimate of drug-likeness (QED) is 0.844. The molecule has 21 heavy (non-hydrogen) atoms. The molecule has 2 aromatic rings. The second-order valence-electron chi connectivity index (χ2n) is 4.28. The fourth-order valence-corrected chi connectivity index (χ4v) is 2.71. The third kappa shape index (κ3) is 4.12. The molecule has 0 aliphatic rings. The van der Waals surface area contributed by atoms with Crippen molar-refractivity contribution in [3.05, 3.63) is 34.1 Å². The molecule has 1 N–H and O–H groups in total. The minimum absolute atomic E-state index is 0.139. The summed E-state index contributed by atoms with van der Waals surface area (Å²) >= 11 is 13.1. The number of halogens is 2. The third-order valence-corrected chi connectivity index (χ3v) is 4.54. The van der Waals surface area contributed by atoms with Crippen molar-refractivity contribution in [2.45, 2.75) is 18.5 Å². The van der Waals surface area contributed by atoms with E-state index in [2.05, 4.69) is 15.5 Å². The van der Waals surface area contributed by atoms with E-state index in [0.29, 0.717) is 15.7 Å². The highest BCUT2D eigenvalue weighted by atomic mass is 35.5. The Morgan fingerprint density at radius 3 is 2.71 bits per heavy atom. The Morgan fingerprint density at radius 1 is 1.33 bits per heavy atom. The van der Waals surface area contributed by atoms with Crippen LogP contribution in [0.25, 0.3) is 0 Å². The average molecular weight is 345 g/mol. The van der Waals surface area contributed by atoms with E-state index in [1.54, 1.807) is 18.2 Å². The number of anilines is 1. The van der Waals surface area contributed by atoms with Crippen molar-refractivity contribution >= 4 is 46.6 Å². The molecule has 1 amide bonds. The predicted octanol–water partition coefficient (Wildman–Crippen LogP) is 3.42. The second-order valence-corrected chi connectivity index (χ2v) is 6.03. The smallest absolute Gasteiger partial charge is 0.234 e. The maximum absolute atomic E-state index is 11.9. The molecular formula is C13H14Cl2N4OS. The molecule has 0 fully saturated rings. The lowest BCUT2D eigenvalue weighted by Gasteiger charge is -2.06. The Bertz CT molecular complexity index is 660. The van der Waals surface area contributed by atoms with Crippen LogP contribution in [0.3, 0.4) is 0 Å². The van der Waals surface area contributed by atoms with E-state index >= 15 is 0 Å². The van der Waals surface area contributed by atoms with E-state index in [-0.39, 0.29) is 11.7 Å². The van der Waals surface area contributed by atoms with E-state index in [1.165, 1.54) is 11.8 Å². The number of nitrogens with one attached hydrogen (secondary N) is 1. The first-order valence-electron chi connectivity index (χ1n) is 6.27. The molecule has 0 unspecified atom stereocenters. The van der Waals surface area contributed by atoms with Gasteiger partial charge in [0.1, 0.15) is 5.82 Å². The van der Waals surface area contributed by atoms with Crippen LogP contribution in [0.1, 0.15) is 12.7 Å². The van der Waals surface area contributed by atoms with Gasteiger partial charge >= 0.3 is 0 Å². The Kier molecular flexibility index (Phi) is 5.50. The molecule has 5 nitrogen and oxygen atoms in total. The fourth-order valence-electron chi connectivity index (χ4n) is 1.68. The van der Waals surface area contributed by atoms with Crippen molar-refractivity contribution in [3.63, 3.8) is 0 Å². The van der Waals surface area contributed by atoms with Crippen LogP contribution < -0.4 is 5.32 Å².